The first-order valence-electron chi connectivity index (χ1n) is 7.14. The van der Waals surface area contributed by atoms with Gasteiger partial charge in [0.1, 0.15) is 0 Å². The van der Waals surface area contributed by atoms with Gasteiger partial charge in [-0.15, -0.1) is 0 Å². The molecule has 0 amide bonds. The summed E-state index contributed by atoms with van der Waals surface area (Å²) in [5, 5.41) is 0. The Labute approximate surface area is 124 Å². The van der Waals surface area contributed by atoms with Crippen molar-refractivity contribution in [2.45, 2.75) is 19.4 Å². The largest absolute Gasteiger partial charge is 0.494 e. The van der Waals surface area contributed by atoms with Crippen molar-refractivity contribution in [1.29, 1.82) is 0 Å². The first-order valence-corrected chi connectivity index (χ1v) is 7.14. The normalized spacial score (nSPS) is 13.9. The topological polar surface area (TPSA) is 38.5 Å². The zero-order valence-electron chi connectivity index (χ0n) is 12.1. The lowest BCUT2D eigenvalue weighted by Crippen LogP contribution is -2.29. The van der Waals surface area contributed by atoms with Crippen molar-refractivity contribution in [1.82, 2.24) is 0 Å². The van der Waals surface area contributed by atoms with Crippen LogP contribution in [0, 0.1) is 5.82 Å². The number of methoxy groups -OCH3 is 1. The number of nitrogens with zero attached hydrogens (tertiary/aromatic N) is 1. The molecule has 0 fully saturated rings. The molecule has 3 rings (SSSR count). The van der Waals surface area contributed by atoms with Gasteiger partial charge in [-0.3, -0.25) is 0 Å². The SMILES string of the molecule is COc1cccc(CN2CCCc3c(N)cccc32)c1F. The molecule has 3 nitrogen and oxygen atoms in total. The van der Waals surface area contributed by atoms with Gasteiger partial charge in [-0.25, -0.2) is 4.39 Å². The number of nitrogens with two attached hydrogens (primary N) is 1. The number of halogens is 1. The molecule has 1 heterocycles. The van der Waals surface area contributed by atoms with E-state index in [1.165, 1.54) is 12.7 Å². The summed E-state index contributed by atoms with van der Waals surface area (Å²) in [6.45, 7) is 1.44. The summed E-state index contributed by atoms with van der Waals surface area (Å²) in [6, 6.07) is 11.2. The highest BCUT2D eigenvalue weighted by atomic mass is 19.1. The van der Waals surface area contributed by atoms with E-state index in [0.29, 0.717) is 12.1 Å². The Kier molecular flexibility index (Phi) is 3.69. The maximum absolute atomic E-state index is 14.3. The number of hydrogen-bond donors (Lipinski definition) is 1. The van der Waals surface area contributed by atoms with Crippen LogP contribution in [0.2, 0.25) is 0 Å². The van der Waals surface area contributed by atoms with E-state index >= 15 is 0 Å². The molecule has 1 aliphatic heterocycles. The minimum absolute atomic E-state index is 0.281. The zero-order valence-corrected chi connectivity index (χ0v) is 12.1. The number of fused-ring (bicyclic) bond motifs is 1. The highest BCUT2D eigenvalue weighted by molar-refractivity contribution is 5.66. The average molecular weight is 286 g/mol. The van der Waals surface area contributed by atoms with Gasteiger partial charge < -0.3 is 15.4 Å². The molecule has 1 aliphatic rings. The number of ether oxygens (including phenoxy) is 1. The Morgan fingerprint density at radius 2 is 2.05 bits per heavy atom. The number of hydrogen-bond acceptors (Lipinski definition) is 3. The Hall–Kier alpha value is -2.23. The van der Waals surface area contributed by atoms with E-state index in [1.807, 2.05) is 18.2 Å². The minimum atomic E-state index is -0.281. The minimum Gasteiger partial charge on any atom is -0.494 e. The summed E-state index contributed by atoms with van der Waals surface area (Å²) in [4.78, 5) is 2.19. The molecule has 0 saturated carbocycles. The molecule has 0 bridgehead atoms. The van der Waals surface area contributed by atoms with Crippen LogP contribution in [0.25, 0.3) is 0 Å². The predicted octanol–water partition coefficient (Wildman–Crippen LogP) is 3.37. The highest BCUT2D eigenvalue weighted by Crippen LogP contribution is 2.33. The molecule has 4 heteroatoms. The quantitative estimate of drug-likeness (QED) is 0.879. The van der Waals surface area contributed by atoms with Crippen LogP contribution in [0.15, 0.2) is 36.4 Å². The van der Waals surface area contributed by atoms with Crippen LogP contribution in [0.4, 0.5) is 15.8 Å². The monoisotopic (exact) mass is 286 g/mol. The fraction of sp³-hybridized carbons (Fsp3) is 0.294. The molecule has 110 valence electrons. The summed E-state index contributed by atoms with van der Waals surface area (Å²) in [5.41, 5.74) is 9.80. The third-order valence-corrected chi connectivity index (χ3v) is 4.01. The standard InChI is InChI=1S/C17H19FN2O/c1-21-16-9-2-5-12(17(16)18)11-20-10-4-6-13-14(19)7-3-8-15(13)20/h2-3,5,7-9H,4,6,10-11,19H2,1H3. The summed E-state index contributed by atoms with van der Waals surface area (Å²) in [7, 11) is 1.49. The van der Waals surface area contributed by atoms with Gasteiger partial charge in [0.05, 0.1) is 7.11 Å². The van der Waals surface area contributed by atoms with Crippen molar-refractivity contribution in [2.24, 2.45) is 0 Å². The van der Waals surface area contributed by atoms with E-state index in [9.17, 15) is 4.39 Å². The maximum Gasteiger partial charge on any atom is 0.170 e. The third-order valence-electron chi connectivity index (χ3n) is 4.01. The summed E-state index contributed by atoms with van der Waals surface area (Å²) in [5.74, 6) is 0.00772. The first kappa shape index (κ1) is 13.7. The molecule has 0 aliphatic carbocycles. The predicted molar refractivity (Wildman–Crippen MR) is 83.2 cm³/mol. The molecule has 2 aromatic rings. The molecule has 2 aromatic carbocycles. The van der Waals surface area contributed by atoms with E-state index in [2.05, 4.69) is 11.0 Å². The fourth-order valence-corrected chi connectivity index (χ4v) is 2.93. The van der Waals surface area contributed by atoms with Crippen molar-refractivity contribution in [3.63, 3.8) is 0 Å². The third kappa shape index (κ3) is 2.53. The van der Waals surface area contributed by atoms with Crippen LogP contribution < -0.4 is 15.4 Å². The van der Waals surface area contributed by atoms with E-state index in [1.54, 1.807) is 12.1 Å². The Balaban J connectivity index is 1.92. The van der Waals surface area contributed by atoms with Crippen LogP contribution in [0.5, 0.6) is 5.75 Å². The maximum atomic E-state index is 14.3. The van der Waals surface area contributed by atoms with Crippen molar-refractivity contribution >= 4 is 11.4 Å². The molecule has 0 atom stereocenters. The summed E-state index contributed by atoms with van der Waals surface area (Å²) < 4.78 is 19.4. The molecule has 0 radical (unpaired) electrons. The van der Waals surface area contributed by atoms with Crippen molar-refractivity contribution in [3.05, 3.63) is 53.3 Å². The fourth-order valence-electron chi connectivity index (χ4n) is 2.93. The van der Waals surface area contributed by atoms with Gasteiger partial charge >= 0.3 is 0 Å². The van der Waals surface area contributed by atoms with E-state index < -0.39 is 0 Å². The number of benzene rings is 2. The lowest BCUT2D eigenvalue weighted by atomic mass is 9.99. The lowest BCUT2D eigenvalue weighted by molar-refractivity contribution is 0.384. The highest BCUT2D eigenvalue weighted by Gasteiger charge is 2.20. The first-order chi connectivity index (χ1) is 10.2. The number of nitrogen functional groups attached to an aromatic ring is 1. The smallest absolute Gasteiger partial charge is 0.170 e. The average Bonchev–Trinajstić information content (AvgIpc) is 2.50. The molecule has 2 N–H and O–H groups in total. The van der Waals surface area contributed by atoms with Crippen molar-refractivity contribution in [2.75, 3.05) is 24.3 Å². The molecule has 0 saturated heterocycles. The molecule has 21 heavy (non-hydrogen) atoms. The van der Waals surface area contributed by atoms with Crippen LogP contribution in [0.3, 0.4) is 0 Å². The van der Waals surface area contributed by atoms with E-state index in [0.717, 1.165) is 30.8 Å². The second kappa shape index (κ2) is 5.64. The van der Waals surface area contributed by atoms with Crippen LogP contribution in [-0.2, 0) is 13.0 Å². The second-order valence-corrected chi connectivity index (χ2v) is 5.30. The van der Waals surface area contributed by atoms with E-state index in [4.69, 9.17) is 10.5 Å². The Morgan fingerprint density at radius 1 is 1.24 bits per heavy atom. The van der Waals surface area contributed by atoms with Crippen molar-refractivity contribution < 1.29 is 9.13 Å². The van der Waals surface area contributed by atoms with Crippen LogP contribution in [0.1, 0.15) is 17.5 Å². The second-order valence-electron chi connectivity index (χ2n) is 5.30. The van der Waals surface area contributed by atoms with Gasteiger partial charge in [0.15, 0.2) is 11.6 Å². The molecule has 0 unspecified atom stereocenters. The van der Waals surface area contributed by atoms with Crippen LogP contribution >= 0.6 is 0 Å². The van der Waals surface area contributed by atoms with Gasteiger partial charge in [0.25, 0.3) is 0 Å². The molecular formula is C17H19FN2O. The van der Waals surface area contributed by atoms with Crippen LogP contribution in [-0.4, -0.2) is 13.7 Å². The lowest BCUT2D eigenvalue weighted by Gasteiger charge is -2.32. The Bertz CT molecular complexity index is 657. The summed E-state index contributed by atoms with van der Waals surface area (Å²) in [6.07, 6.45) is 2.02. The van der Waals surface area contributed by atoms with E-state index in [-0.39, 0.29) is 11.6 Å². The molecule has 0 spiro atoms. The van der Waals surface area contributed by atoms with Gasteiger partial charge in [0.2, 0.25) is 0 Å². The van der Waals surface area contributed by atoms with Crippen molar-refractivity contribution in [3.8, 4) is 5.75 Å². The van der Waals surface area contributed by atoms with Gasteiger partial charge in [-0.05, 0) is 36.6 Å². The van der Waals surface area contributed by atoms with Gasteiger partial charge in [-0.1, -0.05) is 18.2 Å². The van der Waals surface area contributed by atoms with Gasteiger partial charge in [-0.2, -0.15) is 0 Å². The summed E-state index contributed by atoms with van der Waals surface area (Å²) >= 11 is 0. The Morgan fingerprint density at radius 3 is 2.86 bits per heavy atom. The van der Waals surface area contributed by atoms with Gasteiger partial charge in [0, 0.05) is 30.0 Å². The number of anilines is 2. The zero-order chi connectivity index (χ0) is 14.8. The molecule has 0 aromatic heterocycles. The molecular weight excluding hydrogens is 267 g/mol. The number of rotatable bonds is 3.